The molecule has 0 heterocycles. The first-order chi connectivity index (χ1) is 11.9. The first kappa shape index (κ1) is 21.3. The molecule has 0 spiro atoms. The summed E-state index contributed by atoms with van der Waals surface area (Å²) >= 11 is 0. The van der Waals surface area contributed by atoms with Gasteiger partial charge in [-0.2, -0.15) is 0 Å². The van der Waals surface area contributed by atoms with Crippen LogP contribution in [-0.4, -0.2) is 43.3 Å². The van der Waals surface area contributed by atoms with Crippen LogP contribution in [0.2, 0.25) is 0 Å². The molecule has 0 atom stereocenters. The highest BCUT2D eigenvalue weighted by Gasteiger charge is 2.36. The first-order valence-corrected chi connectivity index (χ1v) is 9.44. The zero-order valence-electron chi connectivity index (χ0n) is 14.7. The predicted molar refractivity (Wildman–Crippen MR) is 92.1 cm³/mol. The fourth-order valence-corrected chi connectivity index (χ4v) is 2.78. The number of rotatable bonds is 7. The van der Waals surface area contributed by atoms with Gasteiger partial charge < -0.3 is 4.74 Å². The van der Waals surface area contributed by atoms with Crippen molar-refractivity contribution in [1.29, 1.82) is 0 Å². The molecule has 1 rings (SSSR count). The Labute approximate surface area is 149 Å². The molecule has 11 nitrogen and oxygen atoms in total. The number of carbonyl (C=O) groups is 1. The average molecular weight is 389 g/mol. The number of nitro benzene ring substituents is 2. The van der Waals surface area contributed by atoms with E-state index in [-0.39, 0.29) is 6.54 Å². The lowest BCUT2D eigenvalue weighted by Gasteiger charge is -2.22. The lowest BCUT2D eigenvalue weighted by Crippen LogP contribution is -2.35. The summed E-state index contributed by atoms with van der Waals surface area (Å²) < 4.78 is 28.4. The third kappa shape index (κ3) is 4.88. The number of amides is 1. The SMILES string of the molecule is CCCN(C(=O)OC(C)C)c1c([N+](=O)[O-])cc(S(C)(=O)=O)cc1[N+](=O)[O-]. The minimum absolute atomic E-state index is 0.0918. The van der Waals surface area contributed by atoms with Gasteiger partial charge in [0, 0.05) is 24.9 Å². The molecule has 0 bridgehead atoms. The highest BCUT2D eigenvalue weighted by atomic mass is 32.2. The molecule has 12 heteroatoms. The third-order valence-corrected chi connectivity index (χ3v) is 4.23. The second-order valence-corrected chi connectivity index (χ2v) is 7.70. The van der Waals surface area contributed by atoms with Crippen LogP contribution >= 0.6 is 0 Å². The molecule has 1 aromatic rings. The van der Waals surface area contributed by atoms with Gasteiger partial charge in [-0.3, -0.25) is 25.1 Å². The van der Waals surface area contributed by atoms with Crippen LogP contribution in [-0.2, 0) is 14.6 Å². The zero-order valence-corrected chi connectivity index (χ0v) is 15.5. The number of benzene rings is 1. The van der Waals surface area contributed by atoms with Gasteiger partial charge in [-0.15, -0.1) is 0 Å². The van der Waals surface area contributed by atoms with E-state index >= 15 is 0 Å². The lowest BCUT2D eigenvalue weighted by molar-refractivity contribution is -0.392. The molecule has 0 saturated heterocycles. The maximum absolute atomic E-state index is 12.3. The normalized spacial score (nSPS) is 11.3. The van der Waals surface area contributed by atoms with Gasteiger partial charge in [0.15, 0.2) is 9.84 Å². The Kier molecular flexibility index (Phi) is 6.61. The number of anilines is 1. The largest absolute Gasteiger partial charge is 0.446 e. The Bertz CT molecular complexity index is 800. The summed E-state index contributed by atoms with van der Waals surface area (Å²) in [7, 11) is -3.95. The second kappa shape index (κ2) is 8.08. The number of hydrogen-bond donors (Lipinski definition) is 0. The van der Waals surface area contributed by atoms with Crippen molar-refractivity contribution in [2.45, 2.75) is 38.2 Å². The molecule has 144 valence electrons. The smallest absolute Gasteiger partial charge is 0.414 e. The van der Waals surface area contributed by atoms with Gasteiger partial charge in [0.25, 0.3) is 0 Å². The van der Waals surface area contributed by atoms with Crippen molar-refractivity contribution in [2.24, 2.45) is 0 Å². The molecule has 0 N–H and O–H groups in total. The summed E-state index contributed by atoms with van der Waals surface area (Å²) in [6, 6.07) is 1.39. The maximum Gasteiger partial charge on any atom is 0.414 e. The molecule has 0 radical (unpaired) electrons. The van der Waals surface area contributed by atoms with Crippen molar-refractivity contribution in [3.63, 3.8) is 0 Å². The number of carbonyl (C=O) groups excluding carboxylic acids is 1. The summed E-state index contributed by atoms with van der Waals surface area (Å²) in [5.74, 6) is 0. The van der Waals surface area contributed by atoms with Crippen LogP contribution in [0, 0.1) is 20.2 Å². The quantitative estimate of drug-likeness (QED) is 0.510. The van der Waals surface area contributed by atoms with Gasteiger partial charge in [-0.25, -0.2) is 13.2 Å². The second-order valence-electron chi connectivity index (χ2n) is 5.68. The zero-order chi connectivity index (χ0) is 20.2. The molecular formula is C14H19N3O8S. The van der Waals surface area contributed by atoms with E-state index in [0.717, 1.165) is 11.2 Å². The minimum atomic E-state index is -3.95. The standard InChI is InChI=1S/C14H19N3O8S/c1-5-6-15(14(18)25-9(2)3)13-11(16(19)20)7-10(26(4,23)24)8-12(13)17(21)22/h7-9H,5-6H2,1-4H3. The Morgan fingerprint density at radius 3 is 1.96 bits per heavy atom. The molecule has 1 amide bonds. The van der Waals surface area contributed by atoms with Crippen molar-refractivity contribution < 1.29 is 27.8 Å². The number of sulfone groups is 1. The van der Waals surface area contributed by atoms with E-state index in [1.54, 1.807) is 20.8 Å². The van der Waals surface area contributed by atoms with Crippen LogP contribution in [0.25, 0.3) is 0 Å². The maximum atomic E-state index is 12.3. The third-order valence-electron chi connectivity index (χ3n) is 3.14. The van der Waals surface area contributed by atoms with Crippen LogP contribution in [0.15, 0.2) is 17.0 Å². The Morgan fingerprint density at radius 1 is 1.19 bits per heavy atom. The van der Waals surface area contributed by atoms with E-state index in [0.29, 0.717) is 18.6 Å². The van der Waals surface area contributed by atoms with Crippen molar-refractivity contribution in [3.05, 3.63) is 32.4 Å². The molecular weight excluding hydrogens is 370 g/mol. The van der Waals surface area contributed by atoms with Crippen molar-refractivity contribution in [1.82, 2.24) is 0 Å². The molecule has 0 fully saturated rings. The first-order valence-electron chi connectivity index (χ1n) is 7.55. The Balaban J connectivity index is 3.82. The topological polar surface area (TPSA) is 150 Å². The van der Waals surface area contributed by atoms with Gasteiger partial charge in [-0.1, -0.05) is 6.92 Å². The number of nitro groups is 2. The van der Waals surface area contributed by atoms with Gasteiger partial charge in [0.05, 0.1) is 20.8 Å². The van der Waals surface area contributed by atoms with E-state index in [4.69, 9.17) is 4.74 Å². The van der Waals surface area contributed by atoms with E-state index in [2.05, 4.69) is 0 Å². The van der Waals surface area contributed by atoms with Crippen LogP contribution in [0.4, 0.5) is 21.9 Å². The minimum Gasteiger partial charge on any atom is -0.446 e. The highest BCUT2D eigenvalue weighted by molar-refractivity contribution is 7.90. The molecule has 1 aromatic carbocycles. The van der Waals surface area contributed by atoms with Crippen LogP contribution in [0.3, 0.4) is 0 Å². The highest BCUT2D eigenvalue weighted by Crippen LogP contribution is 2.40. The van der Waals surface area contributed by atoms with Crippen LogP contribution in [0.5, 0.6) is 0 Å². The summed E-state index contributed by atoms with van der Waals surface area (Å²) in [6.45, 7) is 4.68. The van der Waals surface area contributed by atoms with Gasteiger partial charge >= 0.3 is 17.5 Å². The van der Waals surface area contributed by atoms with Gasteiger partial charge in [-0.05, 0) is 20.3 Å². The van der Waals surface area contributed by atoms with Gasteiger partial charge in [0.2, 0.25) is 5.69 Å². The van der Waals surface area contributed by atoms with Crippen molar-refractivity contribution >= 4 is 33.0 Å². The Hall–Kier alpha value is -2.76. The summed E-state index contributed by atoms with van der Waals surface area (Å²) in [4.78, 5) is 33.4. The fourth-order valence-electron chi connectivity index (χ4n) is 2.13. The number of hydrogen-bond acceptors (Lipinski definition) is 8. The van der Waals surface area contributed by atoms with E-state index in [1.807, 2.05) is 0 Å². The monoisotopic (exact) mass is 389 g/mol. The van der Waals surface area contributed by atoms with Crippen molar-refractivity contribution in [3.8, 4) is 0 Å². The number of ether oxygens (including phenoxy) is 1. The molecule has 0 aromatic heterocycles. The van der Waals surface area contributed by atoms with Gasteiger partial charge in [0.1, 0.15) is 0 Å². The lowest BCUT2D eigenvalue weighted by atomic mass is 10.2. The average Bonchev–Trinajstić information content (AvgIpc) is 2.49. The van der Waals surface area contributed by atoms with Crippen LogP contribution in [0.1, 0.15) is 27.2 Å². The number of nitrogens with zero attached hydrogens (tertiary/aromatic N) is 3. The van der Waals surface area contributed by atoms with E-state index < -0.39 is 53.8 Å². The van der Waals surface area contributed by atoms with Crippen molar-refractivity contribution in [2.75, 3.05) is 17.7 Å². The molecule has 0 saturated carbocycles. The summed E-state index contributed by atoms with van der Waals surface area (Å²) in [6.07, 6.45) is -0.461. The molecule has 26 heavy (non-hydrogen) atoms. The molecule has 0 aliphatic heterocycles. The molecule has 0 unspecified atom stereocenters. The summed E-state index contributed by atoms with van der Waals surface area (Å²) in [5, 5.41) is 22.9. The van der Waals surface area contributed by atoms with E-state index in [9.17, 15) is 33.4 Å². The predicted octanol–water partition coefficient (Wildman–Crippen LogP) is 2.67. The fraction of sp³-hybridized carbons (Fsp3) is 0.500. The molecule has 0 aliphatic rings. The van der Waals surface area contributed by atoms with E-state index in [1.165, 1.54) is 0 Å². The molecule has 0 aliphatic carbocycles. The summed E-state index contributed by atoms with van der Waals surface area (Å²) in [5.41, 5.74) is -2.34. The van der Waals surface area contributed by atoms with Crippen LogP contribution < -0.4 is 4.90 Å². The Morgan fingerprint density at radius 2 is 1.65 bits per heavy atom.